The molecule has 0 aromatic carbocycles. The number of unbranched alkanes of at least 4 members (excludes halogenated alkanes) is 8. The Morgan fingerprint density at radius 1 is 0.739 bits per heavy atom. The summed E-state index contributed by atoms with van der Waals surface area (Å²) in [6.45, 7) is 4.59. The molecule has 0 aliphatic carbocycles. The molecule has 142 valence electrons. The second kappa shape index (κ2) is 16.9. The van der Waals surface area contributed by atoms with E-state index in [1.807, 2.05) is 0 Å². The van der Waals surface area contributed by atoms with Gasteiger partial charge in [0.25, 0.3) is 0 Å². The molecule has 0 aromatic rings. The SMILES string of the molecule is CCCCCCCCCCCC(CCC)N(C)C.O=P(O)(O)O. The molecule has 0 radical (unpaired) electrons. The normalized spacial score (nSPS) is 12.9. The van der Waals surface area contributed by atoms with Crippen molar-refractivity contribution >= 4 is 7.82 Å². The predicted octanol–water partition coefficient (Wildman–Crippen LogP) is 4.71. The summed E-state index contributed by atoms with van der Waals surface area (Å²) in [6, 6.07) is 0.819. The molecule has 23 heavy (non-hydrogen) atoms. The Hall–Kier alpha value is 0.0700. The molecule has 0 saturated heterocycles. The smallest absolute Gasteiger partial charge is 0.306 e. The van der Waals surface area contributed by atoms with E-state index in [0.29, 0.717) is 0 Å². The Labute approximate surface area is 143 Å². The molecule has 1 atom stereocenters. The summed E-state index contributed by atoms with van der Waals surface area (Å²) in [5, 5.41) is 0. The Kier molecular flexibility index (Phi) is 18.6. The van der Waals surface area contributed by atoms with Crippen LogP contribution in [-0.4, -0.2) is 39.7 Å². The molecule has 0 aromatic heterocycles. The molecule has 0 fully saturated rings. The monoisotopic (exact) mass is 353 g/mol. The first-order valence-corrected chi connectivity index (χ1v) is 10.7. The second-order valence-electron chi connectivity index (χ2n) is 6.54. The van der Waals surface area contributed by atoms with Crippen molar-refractivity contribution in [1.29, 1.82) is 0 Å². The van der Waals surface area contributed by atoms with Gasteiger partial charge in [-0.25, -0.2) is 4.57 Å². The topological polar surface area (TPSA) is 81.0 Å². The van der Waals surface area contributed by atoms with Gasteiger partial charge in [0.1, 0.15) is 0 Å². The van der Waals surface area contributed by atoms with Crippen molar-refractivity contribution < 1.29 is 19.2 Å². The lowest BCUT2D eigenvalue weighted by Gasteiger charge is -2.23. The van der Waals surface area contributed by atoms with E-state index in [-0.39, 0.29) is 0 Å². The average Bonchev–Trinajstić information content (AvgIpc) is 2.42. The minimum Gasteiger partial charge on any atom is -0.306 e. The van der Waals surface area contributed by atoms with E-state index in [4.69, 9.17) is 19.2 Å². The van der Waals surface area contributed by atoms with Gasteiger partial charge in [0.15, 0.2) is 0 Å². The summed E-state index contributed by atoms with van der Waals surface area (Å²) < 4.78 is 8.88. The molecule has 6 heteroatoms. The van der Waals surface area contributed by atoms with Crippen molar-refractivity contribution in [2.24, 2.45) is 0 Å². The maximum Gasteiger partial charge on any atom is 0.466 e. The number of rotatable bonds is 13. The highest BCUT2D eigenvalue weighted by molar-refractivity contribution is 7.45. The molecule has 3 N–H and O–H groups in total. The predicted molar refractivity (Wildman–Crippen MR) is 98.5 cm³/mol. The average molecular weight is 353 g/mol. The zero-order valence-electron chi connectivity index (χ0n) is 15.7. The molecule has 0 spiro atoms. The van der Waals surface area contributed by atoms with Crippen LogP contribution in [0.2, 0.25) is 0 Å². The van der Waals surface area contributed by atoms with Crippen LogP contribution in [0.5, 0.6) is 0 Å². The van der Waals surface area contributed by atoms with Crippen LogP contribution in [0.25, 0.3) is 0 Å². The molecule has 0 saturated carbocycles. The van der Waals surface area contributed by atoms with Crippen LogP contribution >= 0.6 is 7.82 Å². The standard InChI is InChI=1S/C17H37N.H3O4P/c1-5-7-8-9-10-11-12-13-14-16-17(15-6-2)18(3)4;1-5(2,3)4/h17H,5-16H2,1-4H3;(H3,1,2,3,4). The molecule has 0 bridgehead atoms. The van der Waals surface area contributed by atoms with Gasteiger partial charge >= 0.3 is 7.82 Å². The summed E-state index contributed by atoms with van der Waals surface area (Å²) in [6.07, 6.45) is 17.1. The van der Waals surface area contributed by atoms with Gasteiger partial charge in [0.05, 0.1) is 0 Å². The summed E-state index contributed by atoms with van der Waals surface area (Å²) in [4.78, 5) is 24.0. The molecule has 5 nitrogen and oxygen atoms in total. The van der Waals surface area contributed by atoms with E-state index in [9.17, 15) is 0 Å². The third kappa shape index (κ3) is 27.2. The summed E-state index contributed by atoms with van der Waals surface area (Å²) >= 11 is 0. The highest BCUT2D eigenvalue weighted by atomic mass is 31.2. The molecule has 0 heterocycles. The number of hydrogen-bond acceptors (Lipinski definition) is 2. The second-order valence-corrected chi connectivity index (χ2v) is 7.56. The summed E-state index contributed by atoms with van der Waals surface area (Å²) in [7, 11) is -0.178. The van der Waals surface area contributed by atoms with Crippen molar-refractivity contribution in [1.82, 2.24) is 4.90 Å². The van der Waals surface area contributed by atoms with Gasteiger partial charge in [-0.3, -0.25) is 0 Å². The zero-order chi connectivity index (χ0) is 18.1. The highest BCUT2D eigenvalue weighted by Crippen LogP contribution is 2.25. The Balaban J connectivity index is 0. The van der Waals surface area contributed by atoms with Crippen molar-refractivity contribution in [3.8, 4) is 0 Å². The first-order chi connectivity index (χ1) is 10.7. The van der Waals surface area contributed by atoms with Crippen LogP contribution in [-0.2, 0) is 4.57 Å². The van der Waals surface area contributed by atoms with Crippen LogP contribution < -0.4 is 0 Å². The van der Waals surface area contributed by atoms with Gasteiger partial charge in [-0.15, -0.1) is 0 Å². The lowest BCUT2D eigenvalue weighted by Crippen LogP contribution is -2.27. The molecule has 0 amide bonds. The van der Waals surface area contributed by atoms with Gasteiger partial charge in [0.2, 0.25) is 0 Å². The van der Waals surface area contributed by atoms with Crippen molar-refractivity contribution in [3.05, 3.63) is 0 Å². The van der Waals surface area contributed by atoms with Crippen molar-refractivity contribution in [2.45, 2.75) is 96.9 Å². The largest absolute Gasteiger partial charge is 0.466 e. The highest BCUT2D eigenvalue weighted by Gasteiger charge is 2.08. The Morgan fingerprint density at radius 2 is 1.13 bits per heavy atom. The van der Waals surface area contributed by atoms with Crippen LogP contribution in [0.15, 0.2) is 0 Å². The maximum atomic E-state index is 8.88. The van der Waals surface area contributed by atoms with Gasteiger partial charge in [-0.2, -0.15) is 0 Å². The fourth-order valence-electron chi connectivity index (χ4n) is 2.68. The van der Waals surface area contributed by atoms with E-state index < -0.39 is 7.82 Å². The van der Waals surface area contributed by atoms with Crippen molar-refractivity contribution in [3.63, 3.8) is 0 Å². The number of nitrogens with zero attached hydrogens (tertiary/aromatic N) is 1. The number of hydrogen-bond donors (Lipinski definition) is 3. The Morgan fingerprint density at radius 3 is 1.48 bits per heavy atom. The van der Waals surface area contributed by atoms with E-state index in [1.54, 1.807) is 0 Å². The van der Waals surface area contributed by atoms with Crippen LogP contribution in [0.1, 0.15) is 90.9 Å². The van der Waals surface area contributed by atoms with Crippen LogP contribution in [0, 0.1) is 0 Å². The minimum absolute atomic E-state index is 0.819. The minimum atomic E-state index is -4.64. The fraction of sp³-hybridized carbons (Fsp3) is 1.00. The quantitative estimate of drug-likeness (QED) is 0.330. The first kappa shape index (κ1) is 25.3. The zero-order valence-corrected chi connectivity index (χ0v) is 16.6. The van der Waals surface area contributed by atoms with Crippen LogP contribution in [0.3, 0.4) is 0 Å². The summed E-state index contributed by atoms with van der Waals surface area (Å²) in [5.41, 5.74) is 0. The molecular formula is C17H40NO4P. The maximum absolute atomic E-state index is 8.88. The van der Waals surface area contributed by atoms with Gasteiger partial charge < -0.3 is 19.6 Å². The number of phosphoric acid groups is 1. The van der Waals surface area contributed by atoms with Gasteiger partial charge in [-0.1, -0.05) is 78.1 Å². The third-order valence-corrected chi connectivity index (χ3v) is 3.99. The molecule has 0 aliphatic rings. The lowest BCUT2D eigenvalue weighted by atomic mass is 10.0. The Bertz CT molecular complexity index is 274. The lowest BCUT2D eigenvalue weighted by molar-refractivity contribution is 0.256. The van der Waals surface area contributed by atoms with Crippen LogP contribution in [0.4, 0.5) is 0 Å². The third-order valence-electron chi connectivity index (χ3n) is 3.99. The molecule has 0 aliphatic heterocycles. The van der Waals surface area contributed by atoms with Gasteiger partial charge in [-0.05, 0) is 26.9 Å². The molecule has 1 unspecified atom stereocenters. The van der Waals surface area contributed by atoms with E-state index in [1.165, 1.54) is 77.0 Å². The molecule has 0 rings (SSSR count). The summed E-state index contributed by atoms with van der Waals surface area (Å²) in [5.74, 6) is 0. The first-order valence-electron chi connectivity index (χ1n) is 9.17. The van der Waals surface area contributed by atoms with E-state index in [2.05, 4.69) is 32.8 Å². The fourth-order valence-corrected chi connectivity index (χ4v) is 2.68. The van der Waals surface area contributed by atoms with Crippen molar-refractivity contribution in [2.75, 3.05) is 14.1 Å². The van der Waals surface area contributed by atoms with E-state index >= 15 is 0 Å². The van der Waals surface area contributed by atoms with E-state index in [0.717, 1.165) is 6.04 Å². The van der Waals surface area contributed by atoms with Gasteiger partial charge in [0, 0.05) is 6.04 Å². The molecular weight excluding hydrogens is 313 g/mol.